The first-order valence-electron chi connectivity index (χ1n) is 3.75. The first-order chi connectivity index (χ1) is 6.45. The largest absolute Gasteiger partial charge is 0.461 e. The van der Waals surface area contributed by atoms with Crippen LogP contribution in [0.1, 0.15) is 17.4 Å². The van der Waals surface area contributed by atoms with Crippen LogP contribution in [0.4, 0.5) is 0 Å². The van der Waals surface area contributed by atoms with E-state index >= 15 is 0 Å². The minimum absolute atomic E-state index is 0.0612. The fraction of sp³-hybridized carbons (Fsp3) is 0.286. The van der Waals surface area contributed by atoms with Crippen molar-refractivity contribution < 1.29 is 17.9 Å². The van der Waals surface area contributed by atoms with Gasteiger partial charge in [-0.1, -0.05) is 0 Å². The molecule has 0 aliphatic carbocycles. The van der Waals surface area contributed by atoms with E-state index in [0.717, 1.165) is 12.3 Å². The second kappa shape index (κ2) is 4.02. The Bertz CT molecular complexity index is 436. The zero-order chi connectivity index (χ0) is 10.8. The van der Waals surface area contributed by atoms with Crippen LogP contribution in [-0.4, -0.2) is 26.0 Å². The number of hydrogen-bond donors (Lipinski definition) is 1. The van der Waals surface area contributed by atoms with E-state index in [1.54, 1.807) is 6.92 Å². The molecule has 0 atom stereocenters. The fourth-order valence-electron chi connectivity index (χ4n) is 0.842. The smallest absolute Gasteiger partial charge is 0.354 e. The molecule has 1 N–H and O–H groups in total. The van der Waals surface area contributed by atoms with Crippen molar-refractivity contribution in [3.05, 3.63) is 18.0 Å². The number of H-pyrrole nitrogens is 1. The zero-order valence-corrected chi connectivity index (χ0v) is 8.85. The SMILES string of the molecule is CCOC(=O)c1cc(S(=O)(=O)Cl)c[nH]1. The van der Waals surface area contributed by atoms with Crippen molar-refractivity contribution in [1.82, 2.24) is 4.98 Å². The van der Waals surface area contributed by atoms with E-state index in [2.05, 4.69) is 9.72 Å². The highest BCUT2D eigenvalue weighted by molar-refractivity contribution is 8.13. The average Bonchev–Trinajstić information content (AvgIpc) is 2.51. The van der Waals surface area contributed by atoms with Gasteiger partial charge in [0.15, 0.2) is 0 Å². The molecule has 0 aromatic carbocycles. The van der Waals surface area contributed by atoms with Crippen molar-refractivity contribution in [2.24, 2.45) is 0 Å². The highest BCUT2D eigenvalue weighted by atomic mass is 35.7. The minimum Gasteiger partial charge on any atom is -0.461 e. The molecule has 1 rings (SSSR count). The Balaban J connectivity index is 2.94. The Morgan fingerprint density at radius 2 is 2.29 bits per heavy atom. The highest BCUT2D eigenvalue weighted by Crippen LogP contribution is 2.15. The number of carbonyl (C=O) groups is 1. The number of aromatic amines is 1. The summed E-state index contributed by atoms with van der Waals surface area (Å²) in [5.74, 6) is -0.612. The van der Waals surface area contributed by atoms with Gasteiger partial charge in [-0.25, -0.2) is 13.2 Å². The summed E-state index contributed by atoms with van der Waals surface area (Å²) >= 11 is 0. The summed E-state index contributed by atoms with van der Waals surface area (Å²) in [5.41, 5.74) is 0.0612. The van der Waals surface area contributed by atoms with Gasteiger partial charge in [0.1, 0.15) is 10.6 Å². The topological polar surface area (TPSA) is 76.2 Å². The molecular formula is C7H8ClNO4S. The van der Waals surface area contributed by atoms with Gasteiger partial charge < -0.3 is 9.72 Å². The van der Waals surface area contributed by atoms with Gasteiger partial charge in [0, 0.05) is 16.9 Å². The fourth-order valence-corrected chi connectivity index (χ4v) is 1.57. The van der Waals surface area contributed by atoms with Crippen molar-refractivity contribution in [2.45, 2.75) is 11.8 Å². The summed E-state index contributed by atoms with van der Waals surface area (Å²) in [4.78, 5) is 13.4. The van der Waals surface area contributed by atoms with Gasteiger partial charge in [-0.15, -0.1) is 0 Å². The average molecular weight is 238 g/mol. The van der Waals surface area contributed by atoms with E-state index in [4.69, 9.17) is 10.7 Å². The number of halogens is 1. The van der Waals surface area contributed by atoms with Crippen LogP contribution in [0.25, 0.3) is 0 Å². The summed E-state index contributed by atoms with van der Waals surface area (Å²) in [5, 5.41) is 0. The first-order valence-corrected chi connectivity index (χ1v) is 6.06. The van der Waals surface area contributed by atoms with E-state index in [1.165, 1.54) is 0 Å². The molecule has 1 aromatic heterocycles. The van der Waals surface area contributed by atoms with E-state index in [-0.39, 0.29) is 17.2 Å². The molecule has 0 saturated carbocycles. The van der Waals surface area contributed by atoms with Crippen molar-refractivity contribution in [2.75, 3.05) is 6.61 Å². The molecule has 1 aromatic rings. The molecule has 14 heavy (non-hydrogen) atoms. The Morgan fingerprint density at radius 3 is 2.71 bits per heavy atom. The Kier molecular flexibility index (Phi) is 3.17. The molecule has 0 bridgehead atoms. The molecule has 0 saturated heterocycles. The maximum Gasteiger partial charge on any atom is 0.354 e. The van der Waals surface area contributed by atoms with Gasteiger partial charge in [-0.05, 0) is 13.0 Å². The predicted octanol–water partition coefficient (Wildman–Crippen LogP) is 1.12. The van der Waals surface area contributed by atoms with Gasteiger partial charge in [0.25, 0.3) is 9.05 Å². The lowest BCUT2D eigenvalue weighted by Gasteiger charge is -1.96. The third-order valence-electron chi connectivity index (χ3n) is 1.43. The second-order valence-corrected chi connectivity index (χ2v) is 4.97. The summed E-state index contributed by atoms with van der Waals surface area (Å²) in [7, 11) is 1.26. The Labute approximate surface area is 85.4 Å². The number of nitrogens with one attached hydrogen (secondary N) is 1. The van der Waals surface area contributed by atoms with E-state index in [0.29, 0.717) is 0 Å². The normalized spacial score (nSPS) is 11.3. The molecule has 7 heteroatoms. The lowest BCUT2D eigenvalue weighted by atomic mass is 10.4. The molecule has 0 unspecified atom stereocenters. The molecule has 0 radical (unpaired) electrons. The summed E-state index contributed by atoms with van der Waals surface area (Å²) in [6.07, 6.45) is 1.13. The quantitative estimate of drug-likeness (QED) is 0.631. The summed E-state index contributed by atoms with van der Waals surface area (Å²) in [6.45, 7) is 1.88. The Morgan fingerprint density at radius 1 is 1.64 bits per heavy atom. The molecule has 5 nitrogen and oxygen atoms in total. The third kappa shape index (κ3) is 2.49. The lowest BCUT2D eigenvalue weighted by molar-refractivity contribution is 0.0520. The van der Waals surface area contributed by atoms with Crippen LogP contribution in [0.15, 0.2) is 17.2 Å². The number of rotatable bonds is 3. The second-order valence-electron chi connectivity index (χ2n) is 2.41. The molecule has 0 fully saturated rings. The van der Waals surface area contributed by atoms with Crippen LogP contribution in [-0.2, 0) is 13.8 Å². The van der Waals surface area contributed by atoms with Crippen molar-refractivity contribution in [1.29, 1.82) is 0 Å². The molecule has 0 aliphatic heterocycles. The van der Waals surface area contributed by atoms with Crippen LogP contribution >= 0.6 is 10.7 Å². The van der Waals surface area contributed by atoms with Crippen molar-refractivity contribution in [3.8, 4) is 0 Å². The standard InChI is InChI=1S/C7H8ClNO4S/c1-2-13-7(10)6-3-5(4-9-6)14(8,11)12/h3-4,9H,2H2,1H3. The van der Waals surface area contributed by atoms with Crippen LogP contribution < -0.4 is 0 Å². The predicted molar refractivity (Wildman–Crippen MR) is 49.8 cm³/mol. The number of carbonyl (C=O) groups excluding carboxylic acids is 1. The number of ether oxygens (including phenoxy) is 1. The van der Waals surface area contributed by atoms with Crippen molar-refractivity contribution >= 4 is 25.7 Å². The van der Waals surface area contributed by atoms with E-state index < -0.39 is 15.0 Å². The molecular weight excluding hydrogens is 230 g/mol. The van der Waals surface area contributed by atoms with Gasteiger partial charge in [0.2, 0.25) is 0 Å². The van der Waals surface area contributed by atoms with Gasteiger partial charge in [-0.3, -0.25) is 0 Å². The summed E-state index contributed by atoms with van der Waals surface area (Å²) < 4.78 is 26.3. The lowest BCUT2D eigenvalue weighted by Crippen LogP contribution is -2.04. The number of esters is 1. The van der Waals surface area contributed by atoms with E-state index in [9.17, 15) is 13.2 Å². The molecule has 0 amide bonds. The van der Waals surface area contributed by atoms with Gasteiger partial charge >= 0.3 is 5.97 Å². The highest BCUT2D eigenvalue weighted by Gasteiger charge is 2.16. The van der Waals surface area contributed by atoms with E-state index in [1.807, 2.05) is 0 Å². The minimum atomic E-state index is -3.80. The number of aromatic nitrogens is 1. The van der Waals surface area contributed by atoms with Crippen LogP contribution in [0.5, 0.6) is 0 Å². The zero-order valence-electron chi connectivity index (χ0n) is 7.28. The van der Waals surface area contributed by atoms with Crippen LogP contribution in [0.3, 0.4) is 0 Å². The molecule has 0 spiro atoms. The molecule has 0 aliphatic rings. The number of hydrogen-bond acceptors (Lipinski definition) is 4. The van der Waals surface area contributed by atoms with Crippen LogP contribution in [0, 0.1) is 0 Å². The molecule has 78 valence electrons. The maximum absolute atomic E-state index is 11.1. The molecule has 1 heterocycles. The Hall–Kier alpha value is -1.01. The first kappa shape index (κ1) is 11.1. The summed E-state index contributed by atoms with van der Waals surface area (Å²) in [6, 6.07) is 1.13. The van der Waals surface area contributed by atoms with Crippen molar-refractivity contribution in [3.63, 3.8) is 0 Å². The van der Waals surface area contributed by atoms with Gasteiger partial charge in [-0.2, -0.15) is 0 Å². The maximum atomic E-state index is 11.1. The van der Waals surface area contributed by atoms with Crippen LogP contribution in [0.2, 0.25) is 0 Å². The third-order valence-corrected chi connectivity index (χ3v) is 2.77. The van der Waals surface area contributed by atoms with Gasteiger partial charge in [0.05, 0.1) is 6.61 Å². The monoisotopic (exact) mass is 237 g/mol.